The summed E-state index contributed by atoms with van der Waals surface area (Å²) in [5, 5.41) is 14.0. The first-order chi connectivity index (χ1) is 16.7. The summed E-state index contributed by atoms with van der Waals surface area (Å²) in [6, 6.07) is 23.7. The largest absolute Gasteiger partial charge is 0.508 e. The van der Waals surface area contributed by atoms with E-state index < -0.39 is 12.0 Å². The van der Waals surface area contributed by atoms with Gasteiger partial charge in [0.1, 0.15) is 23.1 Å². The van der Waals surface area contributed by atoms with Crippen molar-refractivity contribution in [2.45, 2.75) is 25.4 Å². The van der Waals surface area contributed by atoms with Crippen molar-refractivity contribution in [3.05, 3.63) is 95.6 Å². The van der Waals surface area contributed by atoms with E-state index in [1.54, 1.807) is 24.3 Å². The number of phenolic OH excluding ortho intramolecular Hbond substituents is 1. The van der Waals surface area contributed by atoms with Gasteiger partial charge in [-0.05, 0) is 73.4 Å². The van der Waals surface area contributed by atoms with E-state index >= 15 is 0 Å². The maximum Gasteiger partial charge on any atom is 0.222 e. The molecule has 2 aliphatic rings. The Kier molecular flexibility index (Phi) is 6.58. The maximum atomic E-state index is 13.7. The molecule has 2 aliphatic heterocycles. The number of carbonyl (C=O) groups is 1. The molecule has 0 bridgehead atoms. The van der Waals surface area contributed by atoms with Crippen LogP contribution in [0, 0.1) is 5.92 Å². The van der Waals surface area contributed by atoms with Crippen molar-refractivity contribution < 1.29 is 24.4 Å². The lowest BCUT2D eigenvalue weighted by molar-refractivity contribution is -0.920. The lowest BCUT2D eigenvalue weighted by atomic mass is 9.83. The molecule has 0 amide bonds. The number of ketones is 1. The monoisotopic (exact) mass is 457 g/mol. The van der Waals surface area contributed by atoms with Crippen LogP contribution in [-0.4, -0.2) is 36.4 Å². The van der Waals surface area contributed by atoms with Crippen LogP contribution in [0.3, 0.4) is 0 Å². The summed E-state index contributed by atoms with van der Waals surface area (Å²) in [6.45, 7) is 2.95. The predicted octanol–water partition coefficient (Wildman–Crippen LogP) is 3.77. The number of likely N-dealkylation sites (tertiary alicyclic amines) is 1. The average Bonchev–Trinajstić information content (AvgIpc) is 3.34. The SMILES string of the molecule is O=C(c1ccc(OC[NH+]2CCCCC2)cc1)[C@H]1C(c2ccc(O)cc2)=NO[C@H]1c1ccccc1. The Balaban J connectivity index is 1.37. The van der Waals surface area contributed by atoms with Crippen molar-refractivity contribution in [3.8, 4) is 11.5 Å². The molecule has 1 fully saturated rings. The van der Waals surface area contributed by atoms with Crippen molar-refractivity contribution in [1.29, 1.82) is 0 Å². The summed E-state index contributed by atoms with van der Waals surface area (Å²) in [5.41, 5.74) is 2.79. The van der Waals surface area contributed by atoms with Crippen LogP contribution in [0.2, 0.25) is 0 Å². The van der Waals surface area contributed by atoms with Crippen molar-refractivity contribution in [2.75, 3.05) is 19.8 Å². The number of ether oxygens (including phenoxy) is 1. The molecule has 3 aromatic rings. The molecule has 0 saturated carbocycles. The Labute approximate surface area is 199 Å². The molecule has 2 N–H and O–H groups in total. The Morgan fingerprint density at radius 2 is 1.65 bits per heavy atom. The fourth-order valence-corrected chi connectivity index (χ4v) is 4.67. The molecule has 2 atom stereocenters. The maximum absolute atomic E-state index is 13.7. The highest BCUT2D eigenvalue weighted by Gasteiger charge is 2.41. The quantitative estimate of drug-likeness (QED) is 0.530. The average molecular weight is 458 g/mol. The van der Waals surface area contributed by atoms with Gasteiger partial charge in [-0.15, -0.1) is 0 Å². The molecule has 0 spiro atoms. The topological polar surface area (TPSA) is 72.6 Å². The zero-order valence-electron chi connectivity index (χ0n) is 19.0. The van der Waals surface area contributed by atoms with E-state index in [9.17, 15) is 9.90 Å². The number of nitrogens with zero attached hydrogens (tertiary/aromatic N) is 1. The smallest absolute Gasteiger partial charge is 0.222 e. The number of piperidine rings is 1. The fraction of sp³-hybridized carbons (Fsp3) is 0.286. The molecular formula is C28H29N2O4+. The van der Waals surface area contributed by atoms with Crippen LogP contribution in [0.5, 0.6) is 11.5 Å². The first kappa shape index (κ1) is 22.2. The number of phenols is 1. The van der Waals surface area contributed by atoms with E-state index in [-0.39, 0.29) is 11.5 Å². The van der Waals surface area contributed by atoms with Crippen LogP contribution in [0.15, 0.2) is 84.0 Å². The minimum Gasteiger partial charge on any atom is -0.508 e. The number of quaternary nitrogens is 1. The summed E-state index contributed by atoms with van der Waals surface area (Å²) < 4.78 is 5.98. The van der Waals surface area contributed by atoms with Gasteiger partial charge in [-0.1, -0.05) is 35.5 Å². The third-order valence-corrected chi connectivity index (χ3v) is 6.58. The second kappa shape index (κ2) is 10.1. The highest BCUT2D eigenvalue weighted by Crippen LogP contribution is 2.37. The van der Waals surface area contributed by atoms with E-state index in [2.05, 4.69) is 5.16 Å². The van der Waals surface area contributed by atoms with E-state index in [4.69, 9.17) is 9.57 Å². The van der Waals surface area contributed by atoms with Gasteiger partial charge in [0.15, 0.2) is 11.9 Å². The number of oxime groups is 1. The molecule has 0 aliphatic carbocycles. The predicted molar refractivity (Wildman–Crippen MR) is 129 cm³/mol. The first-order valence-corrected chi connectivity index (χ1v) is 11.9. The van der Waals surface area contributed by atoms with Crippen LogP contribution in [0.25, 0.3) is 0 Å². The van der Waals surface area contributed by atoms with Gasteiger partial charge in [0.2, 0.25) is 6.73 Å². The fourth-order valence-electron chi connectivity index (χ4n) is 4.67. The molecule has 3 aromatic carbocycles. The molecule has 6 nitrogen and oxygen atoms in total. The van der Waals surface area contributed by atoms with E-state index in [0.29, 0.717) is 18.0 Å². The zero-order chi connectivity index (χ0) is 23.3. The van der Waals surface area contributed by atoms with Gasteiger partial charge in [-0.25, -0.2) is 0 Å². The molecule has 0 unspecified atom stereocenters. The van der Waals surface area contributed by atoms with Crippen LogP contribution >= 0.6 is 0 Å². The molecular weight excluding hydrogens is 428 g/mol. The molecule has 6 heteroatoms. The zero-order valence-corrected chi connectivity index (χ0v) is 19.0. The Morgan fingerprint density at radius 3 is 2.35 bits per heavy atom. The van der Waals surface area contributed by atoms with Gasteiger partial charge in [-0.2, -0.15) is 0 Å². The van der Waals surface area contributed by atoms with Crippen LogP contribution in [0.4, 0.5) is 0 Å². The normalized spacial score (nSPS) is 20.4. The summed E-state index contributed by atoms with van der Waals surface area (Å²) >= 11 is 0. The summed E-state index contributed by atoms with van der Waals surface area (Å²) in [7, 11) is 0. The summed E-state index contributed by atoms with van der Waals surface area (Å²) in [6.07, 6.45) is 3.30. The Morgan fingerprint density at radius 1 is 0.941 bits per heavy atom. The van der Waals surface area contributed by atoms with E-state index in [0.717, 1.165) is 30.0 Å². The number of nitrogens with one attached hydrogen (secondary N) is 1. The molecule has 34 heavy (non-hydrogen) atoms. The second-order valence-corrected chi connectivity index (χ2v) is 8.93. The lowest BCUT2D eigenvalue weighted by Crippen LogP contribution is -3.13. The third kappa shape index (κ3) is 4.82. The van der Waals surface area contributed by atoms with Gasteiger partial charge in [0.05, 0.1) is 13.1 Å². The minimum absolute atomic E-state index is 0.0635. The van der Waals surface area contributed by atoms with Crippen LogP contribution in [-0.2, 0) is 4.84 Å². The number of hydrogen-bond donors (Lipinski definition) is 2. The van der Waals surface area contributed by atoms with E-state index in [1.165, 1.54) is 24.2 Å². The minimum atomic E-state index is -0.600. The molecule has 1 saturated heterocycles. The van der Waals surface area contributed by atoms with Crippen LogP contribution in [0.1, 0.15) is 46.9 Å². The van der Waals surface area contributed by atoms with Gasteiger partial charge >= 0.3 is 0 Å². The number of Topliss-reactive ketones (excluding diaryl/α,β-unsaturated/α-hetero) is 1. The van der Waals surface area contributed by atoms with Gasteiger partial charge < -0.3 is 19.6 Å². The Bertz CT molecular complexity index is 1140. The number of benzene rings is 3. The third-order valence-electron chi connectivity index (χ3n) is 6.58. The van der Waals surface area contributed by atoms with Crippen molar-refractivity contribution >= 4 is 11.5 Å². The molecule has 0 radical (unpaired) electrons. The summed E-state index contributed by atoms with van der Waals surface area (Å²) in [5.74, 6) is 0.264. The Hall–Kier alpha value is -3.64. The first-order valence-electron chi connectivity index (χ1n) is 11.9. The molecule has 5 rings (SSSR count). The van der Waals surface area contributed by atoms with Crippen molar-refractivity contribution in [1.82, 2.24) is 0 Å². The standard InChI is InChI=1S/C28H28N2O4/c31-23-13-9-20(10-14-23)26-25(28(34-29-26)22-7-3-1-4-8-22)27(32)21-11-15-24(16-12-21)33-19-30-17-5-2-6-18-30/h1,3-4,7-16,25,28,31H,2,5-6,17-19H2/p+1/t25-,28+/m1/s1. The second-order valence-electron chi connectivity index (χ2n) is 8.93. The molecule has 174 valence electrons. The number of aromatic hydroxyl groups is 1. The number of hydrogen-bond acceptors (Lipinski definition) is 5. The number of carbonyl (C=O) groups excluding carboxylic acids is 1. The van der Waals surface area contributed by atoms with E-state index in [1.807, 2.05) is 54.6 Å². The van der Waals surface area contributed by atoms with Crippen LogP contribution < -0.4 is 9.64 Å². The van der Waals surface area contributed by atoms with Gasteiger partial charge in [0.25, 0.3) is 0 Å². The summed E-state index contributed by atoms with van der Waals surface area (Å²) in [4.78, 5) is 21.0. The lowest BCUT2D eigenvalue weighted by Gasteiger charge is -2.23. The highest BCUT2D eigenvalue weighted by molar-refractivity contribution is 6.19. The molecule has 0 aromatic heterocycles. The number of rotatable bonds is 7. The van der Waals surface area contributed by atoms with Gasteiger partial charge in [-0.3, -0.25) is 4.79 Å². The van der Waals surface area contributed by atoms with Crippen molar-refractivity contribution in [2.24, 2.45) is 11.1 Å². The van der Waals surface area contributed by atoms with Gasteiger partial charge in [0, 0.05) is 11.1 Å². The molecule has 2 heterocycles. The van der Waals surface area contributed by atoms with Crippen molar-refractivity contribution in [3.63, 3.8) is 0 Å². The highest BCUT2D eigenvalue weighted by atomic mass is 16.6.